The molecule has 0 unspecified atom stereocenters. The fourth-order valence-corrected chi connectivity index (χ4v) is 3.72. The molecule has 0 bridgehead atoms. The molecule has 0 radical (unpaired) electrons. The van der Waals surface area contributed by atoms with E-state index in [1.54, 1.807) is 24.3 Å². The predicted octanol–water partition coefficient (Wildman–Crippen LogP) is 3.48. The monoisotopic (exact) mass is 474 g/mol. The summed E-state index contributed by atoms with van der Waals surface area (Å²) in [7, 11) is 8.30. The van der Waals surface area contributed by atoms with Gasteiger partial charge in [0.2, 0.25) is 0 Å². The zero-order chi connectivity index (χ0) is 15.7. The van der Waals surface area contributed by atoms with Crippen LogP contribution in [0.15, 0.2) is 12.3 Å². The number of hydrogen-bond acceptors (Lipinski definition) is 5. The predicted molar refractivity (Wildman–Crippen MR) is 95.7 cm³/mol. The van der Waals surface area contributed by atoms with E-state index in [2.05, 4.69) is 20.7 Å². The Balaban J connectivity index is 0.00000110. The fraction of sp³-hybridized carbons (Fsp3) is 0.333. The lowest BCUT2D eigenvalue weighted by molar-refractivity contribution is 0.111. The second-order valence-electron chi connectivity index (χ2n) is 3.82. The van der Waals surface area contributed by atoms with Crippen LogP contribution in [0.1, 0.15) is 26.5 Å². The van der Waals surface area contributed by atoms with Gasteiger partial charge in [-0.25, -0.2) is 0 Å². The van der Waals surface area contributed by atoms with E-state index < -0.39 is 0 Å². The van der Waals surface area contributed by atoms with Crippen molar-refractivity contribution in [2.75, 3.05) is 28.3 Å². The van der Waals surface area contributed by atoms with Gasteiger partial charge in [0.1, 0.15) is 5.69 Å². The molecule has 0 spiro atoms. The zero-order valence-electron chi connectivity index (χ0n) is 11.6. The third-order valence-electron chi connectivity index (χ3n) is 1.95. The summed E-state index contributed by atoms with van der Waals surface area (Å²) < 4.78 is 6.61. The molecular formula is C12H16BrIN2O3S. The summed E-state index contributed by atoms with van der Waals surface area (Å²) in [6.07, 6.45) is 3.32. The van der Waals surface area contributed by atoms with Crippen LogP contribution >= 0.6 is 46.3 Å². The topological polar surface area (TPSA) is 51.5 Å². The first-order valence-electron chi connectivity index (χ1n) is 5.36. The Morgan fingerprint density at radius 2 is 1.95 bits per heavy atom. The minimum atomic E-state index is 0.464. The summed E-state index contributed by atoms with van der Waals surface area (Å²) in [4.78, 5) is 23.9. The van der Waals surface area contributed by atoms with Crippen molar-refractivity contribution >= 4 is 63.3 Å². The van der Waals surface area contributed by atoms with Gasteiger partial charge in [0, 0.05) is 74.9 Å². The van der Waals surface area contributed by atoms with Gasteiger partial charge >= 0.3 is 0 Å². The molecule has 1 aromatic heterocycles. The van der Waals surface area contributed by atoms with E-state index in [0.29, 0.717) is 17.0 Å². The van der Waals surface area contributed by atoms with Crippen molar-refractivity contribution in [2.45, 2.75) is 0 Å². The summed E-state index contributed by atoms with van der Waals surface area (Å²) in [5.41, 5.74) is 1.64. The van der Waals surface area contributed by atoms with Crippen molar-refractivity contribution in [3.63, 3.8) is 0 Å². The number of rotatable bonds is 5. The highest BCUT2D eigenvalue weighted by molar-refractivity contribution is 14.2. The van der Waals surface area contributed by atoms with Gasteiger partial charge in [-0.1, -0.05) is 0 Å². The van der Waals surface area contributed by atoms with Gasteiger partial charge in [-0.2, -0.15) is 0 Å². The summed E-state index contributed by atoms with van der Waals surface area (Å²) >= 11 is 5.43. The van der Waals surface area contributed by atoms with Crippen molar-refractivity contribution in [1.82, 2.24) is 8.87 Å². The molecule has 20 heavy (non-hydrogen) atoms. The molecule has 112 valence electrons. The smallest absolute Gasteiger partial charge is 0.168 e. The highest BCUT2D eigenvalue weighted by atomic mass is 127. The minimum absolute atomic E-state index is 0.464. The lowest BCUT2D eigenvalue weighted by Gasteiger charge is -2.06. The number of nitrogens with zero attached hydrogens (tertiary/aromatic N) is 2. The summed E-state index contributed by atoms with van der Waals surface area (Å²) in [6.45, 7) is 0. The maximum absolute atomic E-state index is 11.1. The Hall–Kier alpha value is -0.320. The van der Waals surface area contributed by atoms with Crippen LogP contribution in [0, 0.1) is 0 Å². The summed E-state index contributed by atoms with van der Waals surface area (Å²) in [5.74, 6) is 0. The number of methoxy groups -OCH3 is 1. The van der Waals surface area contributed by atoms with E-state index in [9.17, 15) is 9.59 Å². The molecule has 1 rings (SSSR count). The van der Waals surface area contributed by atoms with Crippen LogP contribution in [0.25, 0.3) is 4.48 Å². The molecule has 8 heteroatoms. The van der Waals surface area contributed by atoms with E-state index in [1.807, 2.05) is 46.4 Å². The Labute approximate surface area is 143 Å². The van der Waals surface area contributed by atoms with Crippen LogP contribution in [0.4, 0.5) is 0 Å². The van der Waals surface area contributed by atoms with Crippen LogP contribution < -0.4 is 0 Å². The molecule has 0 aliphatic heterocycles. The number of aldehydes is 2. The van der Waals surface area contributed by atoms with Gasteiger partial charge in [0.15, 0.2) is 12.6 Å². The molecule has 0 aliphatic rings. The largest absolute Gasteiger partial charge is 0.388 e. The zero-order valence-corrected chi connectivity index (χ0v) is 16.2. The van der Waals surface area contributed by atoms with Gasteiger partial charge in [0.25, 0.3) is 0 Å². The molecule has 0 aromatic carbocycles. The van der Waals surface area contributed by atoms with Crippen molar-refractivity contribution in [3.8, 4) is 0 Å². The number of aromatic nitrogens is 1. The average molecular weight is 475 g/mol. The summed E-state index contributed by atoms with van der Waals surface area (Å²) in [5, 5.41) is 0. The second-order valence-corrected chi connectivity index (χ2v) is 6.36. The summed E-state index contributed by atoms with van der Waals surface area (Å²) in [6, 6.07) is 1.69. The molecule has 0 N–H and O–H groups in total. The Kier molecular flexibility index (Phi) is 10.2. The van der Waals surface area contributed by atoms with Crippen molar-refractivity contribution in [1.29, 1.82) is 0 Å². The second kappa shape index (κ2) is 10.4. The van der Waals surface area contributed by atoms with E-state index in [4.69, 9.17) is 0 Å². The maximum Gasteiger partial charge on any atom is 0.168 e. The molecule has 0 amide bonds. The van der Waals surface area contributed by atoms with Crippen molar-refractivity contribution < 1.29 is 14.3 Å². The first-order chi connectivity index (χ1) is 9.46. The number of carbonyl (C=O) groups excluding carboxylic acids is 2. The Morgan fingerprint density at radius 1 is 1.40 bits per heavy atom. The van der Waals surface area contributed by atoms with Gasteiger partial charge < -0.3 is 9.64 Å². The Bertz CT molecular complexity index is 489. The molecular weight excluding hydrogens is 459 g/mol. The third-order valence-corrected chi connectivity index (χ3v) is 4.31. The molecule has 5 nitrogen and oxygen atoms in total. The van der Waals surface area contributed by atoms with Crippen LogP contribution in [-0.2, 0) is 4.74 Å². The van der Waals surface area contributed by atoms with Crippen LogP contribution in [-0.4, -0.2) is 49.8 Å². The molecule has 0 aliphatic carbocycles. The van der Waals surface area contributed by atoms with Gasteiger partial charge in [0.05, 0.1) is 5.69 Å². The highest BCUT2D eigenvalue weighted by Crippen LogP contribution is 2.31. The van der Waals surface area contributed by atoms with Crippen molar-refractivity contribution in [2.24, 2.45) is 0 Å². The lowest BCUT2D eigenvalue weighted by Crippen LogP contribution is -2.02. The Morgan fingerprint density at radius 3 is 2.30 bits per heavy atom. The van der Waals surface area contributed by atoms with E-state index >= 15 is 0 Å². The highest BCUT2D eigenvalue weighted by Gasteiger charge is 2.16. The third kappa shape index (κ3) is 5.58. The SMILES string of the molecule is CN(C)/C=C(/Br)c1cc(C=O)n(SI)c1C=O.COC. The standard InChI is InChI=1S/C10H10BrIN2O2S.C2H6O/c1-13(2)4-9(11)8-3-7(5-15)14(17-12)10(8)6-16;1-3-2/h3-6H,1-2H3;1-2H3/b9-4+;. The molecule has 1 aromatic rings. The molecule has 0 fully saturated rings. The van der Waals surface area contributed by atoms with E-state index in [0.717, 1.165) is 17.1 Å². The van der Waals surface area contributed by atoms with Gasteiger partial charge in [-0.3, -0.25) is 13.6 Å². The number of ether oxygens (including phenoxy) is 1. The first kappa shape index (κ1) is 19.7. The minimum Gasteiger partial charge on any atom is -0.388 e. The molecule has 0 saturated heterocycles. The van der Waals surface area contributed by atoms with Gasteiger partial charge in [-0.15, -0.1) is 0 Å². The normalized spacial score (nSPS) is 10.6. The van der Waals surface area contributed by atoms with Crippen molar-refractivity contribution in [3.05, 3.63) is 29.2 Å². The van der Waals surface area contributed by atoms with E-state index in [1.165, 1.54) is 9.12 Å². The van der Waals surface area contributed by atoms with E-state index in [-0.39, 0.29) is 0 Å². The van der Waals surface area contributed by atoms with Crippen LogP contribution in [0.2, 0.25) is 0 Å². The molecule has 0 atom stereocenters. The first-order valence-corrected chi connectivity index (χ1v) is 9.47. The number of carbonyl (C=O) groups is 2. The van der Waals surface area contributed by atoms with Crippen LogP contribution in [0.5, 0.6) is 0 Å². The quantitative estimate of drug-likeness (QED) is 0.483. The maximum atomic E-state index is 11.1. The number of halogens is 2. The lowest BCUT2D eigenvalue weighted by atomic mass is 10.2. The fourth-order valence-electron chi connectivity index (χ4n) is 1.29. The van der Waals surface area contributed by atoms with Gasteiger partial charge in [-0.05, 0) is 22.0 Å². The van der Waals surface area contributed by atoms with Crippen LogP contribution in [0.3, 0.4) is 0 Å². The molecule has 0 saturated carbocycles. The number of hydrogen-bond donors (Lipinski definition) is 0. The average Bonchev–Trinajstić information content (AvgIpc) is 2.76. The molecule has 1 heterocycles.